The lowest BCUT2D eigenvalue weighted by molar-refractivity contribution is -0.113. The molecule has 6 nitrogen and oxygen atoms in total. The Labute approximate surface area is 179 Å². The molecule has 0 radical (unpaired) electrons. The second kappa shape index (κ2) is 8.92. The van der Waals surface area contributed by atoms with Crippen LogP contribution in [-0.2, 0) is 4.79 Å². The van der Waals surface area contributed by atoms with E-state index in [0.717, 1.165) is 28.1 Å². The van der Waals surface area contributed by atoms with Crippen LogP contribution >= 0.6 is 11.8 Å². The molecule has 0 atom stereocenters. The topological polar surface area (TPSA) is 72.7 Å². The van der Waals surface area contributed by atoms with Gasteiger partial charge in [0.25, 0.3) is 0 Å². The molecule has 0 aliphatic carbocycles. The van der Waals surface area contributed by atoms with Gasteiger partial charge in [0, 0.05) is 23.6 Å². The fourth-order valence-corrected chi connectivity index (χ4v) is 3.79. The van der Waals surface area contributed by atoms with E-state index in [1.165, 1.54) is 11.8 Å². The first-order valence-corrected chi connectivity index (χ1v) is 10.5. The van der Waals surface area contributed by atoms with Crippen molar-refractivity contribution in [2.75, 3.05) is 11.1 Å². The Morgan fingerprint density at radius 1 is 1.00 bits per heavy atom. The number of nitrogens with one attached hydrogen (secondary N) is 1. The van der Waals surface area contributed by atoms with Crippen LogP contribution in [0, 0.1) is 13.8 Å². The summed E-state index contributed by atoms with van der Waals surface area (Å²) in [6.45, 7) is 4.06. The number of rotatable bonds is 6. The fraction of sp³-hybridized carbons (Fsp3) is 0.130. The van der Waals surface area contributed by atoms with Gasteiger partial charge in [0.1, 0.15) is 0 Å². The summed E-state index contributed by atoms with van der Waals surface area (Å²) in [6, 6.07) is 19.6. The highest BCUT2D eigenvalue weighted by Gasteiger charge is 2.18. The largest absolute Gasteiger partial charge is 0.325 e. The van der Waals surface area contributed by atoms with Gasteiger partial charge in [0.15, 0.2) is 11.0 Å². The van der Waals surface area contributed by atoms with Crippen LogP contribution in [0.2, 0.25) is 0 Å². The third-order valence-electron chi connectivity index (χ3n) is 4.58. The summed E-state index contributed by atoms with van der Waals surface area (Å²) in [5, 5.41) is 12.3. The van der Waals surface area contributed by atoms with Crippen LogP contribution in [0.3, 0.4) is 0 Å². The van der Waals surface area contributed by atoms with Crippen molar-refractivity contribution in [2.45, 2.75) is 19.0 Å². The SMILES string of the molecule is Cc1ccc(NC(=O)CSc2nnc(-c3cccnc3)n2-c2ccccc2C)cc1. The van der Waals surface area contributed by atoms with Crippen molar-refractivity contribution in [2.24, 2.45) is 0 Å². The van der Waals surface area contributed by atoms with E-state index in [9.17, 15) is 4.79 Å². The predicted octanol–water partition coefficient (Wildman–Crippen LogP) is 4.68. The molecule has 7 heteroatoms. The molecule has 1 N–H and O–H groups in total. The number of amides is 1. The molecule has 0 bridgehead atoms. The first kappa shape index (κ1) is 19.8. The van der Waals surface area contributed by atoms with E-state index < -0.39 is 0 Å². The molecule has 0 saturated heterocycles. The third-order valence-corrected chi connectivity index (χ3v) is 5.51. The number of benzene rings is 2. The van der Waals surface area contributed by atoms with Crippen molar-refractivity contribution in [3.63, 3.8) is 0 Å². The summed E-state index contributed by atoms with van der Waals surface area (Å²) in [6.07, 6.45) is 3.49. The lowest BCUT2D eigenvalue weighted by atomic mass is 10.2. The smallest absolute Gasteiger partial charge is 0.234 e. The number of nitrogens with zero attached hydrogens (tertiary/aromatic N) is 4. The van der Waals surface area contributed by atoms with E-state index >= 15 is 0 Å². The number of hydrogen-bond acceptors (Lipinski definition) is 5. The Balaban J connectivity index is 1.60. The number of pyridine rings is 1. The average molecular weight is 416 g/mol. The van der Waals surface area contributed by atoms with Crippen LogP contribution in [-0.4, -0.2) is 31.4 Å². The maximum atomic E-state index is 12.5. The standard InChI is InChI=1S/C23H21N5OS/c1-16-9-11-19(12-10-16)25-21(29)15-30-23-27-26-22(18-7-5-13-24-14-18)28(23)20-8-4-3-6-17(20)2/h3-14H,15H2,1-2H3,(H,25,29). The number of para-hydroxylation sites is 1. The lowest BCUT2D eigenvalue weighted by Crippen LogP contribution is -2.14. The minimum atomic E-state index is -0.0916. The van der Waals surface area contributed by atoms with Crippen LogP contribution in [0.5, 0.6) is 0 Å². The minimum absolute atomic E-state index is 0.0916. The number of carbonyl (C=O) groups is 1. The van der Waals surface area contributed by atoms with Crippen molar-refractivity contribution >= 4 is 23.4 Å². The van der Waals surface area contributed by atoms with Gasteiger partial charge in [-0.1, -0.05) is 47.7 Å². The van der Waals surface area contributed by atoms with Gasteiger partial charge in [0.2, 0.25) is 5.91 Å². The van der Waals surface area contributed by atoms with E-state index in [4.69, 9.17) is 0 Å². The van der Waals surface area contributed by atoms with Gasteiger partial charge in [-0.15, -0.1) is 10.2 Å². The van der Waals surface area contributed by atoms with Gasteiger partial charge in [-0.3, -0.25) is 14.3 Å². The molecular formula is C23H21N5OS. The van der Waals surface area contributed by atoms with Gasteiger partial charge in [0.05, 0.1) is 11.4 Å². The molecule has 4 rings (SSSR count). The highest BCUT2D eigenvalue weighted by molar-refractivity contribution is 7.99. The van der Waals surface area contributed by atoms with Crippen LogP contribution in [0.15, 0.2) is 78.2 Å². The van der Waals surface area contributed by atoms with Crippen LogP contribution < -0.4 is 5.32 Å². The van der Waals surface area contributed by atoms with Crippen molar-refractivity contribution in [3.8, 4) is 17.1 Å². The zero-order valence-electron chi connectivity index (χ0n) is 16.7. The van der Waals surface area contributed by atoms with Crippen LogP contribution in [0.1, 0.15) is 11.1 Å². The molecule has 30 heavy (non-hydrogen) atoms. The molecule has 2 aromatic carbocycles. The van der Waals surface area contributed by atoms with Gasteiger partial charge >= 0.3 is 0 Å². The number of carbonyl (C=O) groups excluding carboxylic acids is 1. The Morgan fingerprint density at radius 2 is 1.80 bits per heavy atom. The van der Waals surface area contributed by atoms with Gasteiger partial charge in [-0.25, -0.2) is 0 Å². The van der Waals surface area contributed by atoms with Crippen molar-refractivity contribution in [1.82, 2.24) is 19.7 Å². The van der Waals surface area contributed by atoms with Crippen molar-refractivity contribution in [1.29, 1.82) is 0 Å². The number of thioether (sulfide) groups is 1. The molecule has 0 aliphatic heterocycles. The Bertz CT molecular complexity index is 1160. The molecule has 1 amide bonds. The van der Waals surface area contributed by atoms with Gasteiger partial charge in [-0.2, -0.15) is 0 Å². The minimum Gasteiger partial charge on any atom is -0.325 e. The molecule has 4 aromatic rings. The highest BCUT2D eigenvalue weighted by Crippen LogP contribution is 2.29. The Kier molecular flexibility index (Phi) is 5.90. The molecule has 150 valence electrons. The first-order chi connectivity index (χ1) is 14.6. The van der Waals surface area contributed by atoms with Crippen molar-refractivity contribution in [3.05, 3.63) is 84.2 Å². The zero-order valence-corrected chi connectivity index (χ0v) is 17.6. The fourth-order valence-electron chi connectivity index (χ4n) is 3.04. The van der Waals surface area contributed by atoms with Gasteiger partial charge < -0.3 is 5.32 Å². The van der Waals surface area contributed by atoms with E-state index in [1.54, 1.807) is 12.4 Å². The van der Waals surface area contributed by atoms with Crippen LogP contribution in [0.25, 0.3) is 17.1 Å². The quantitative estimate of drug-likeness (QED) is 0.463. The summed E-state index contributed by atoms with van der Waals surface area (Å²) in [4.78, 5) is 16.7. The molecular weight excluding hydrogens is 394 g/mol. The number of anilines is 1. The maximum Gasteiger partial charge on any atom is 0.234 e. The lowest BCUT2D eigenvalue weighted by Gasteiger charge is -2.12. The van der Waals surface area contributed by atoms with E-state index in [1.807, 2.05) is 79.1 Å². The number of hydrogen-bond donors (Lipinski definition) is 1. The molecule has 0 fully saturated rings. The zero-order chi connectivity index (χ0) is 20.9. The molecule has 2 heterocycles. The van der Waals surface area contributed by atoms with Gasteiger partial charge in [-0.05, 0) is 49.7 Å². The van der Waals surface area contributed by atoms with E-state index in [-0.39, 0.29) is 11.7 Å². The second-order valence-electron chi connectivity index (χ2n) is 6.87. The first-order valence-electron chi connectivity index (χ1n) is 9.53. The Morgan fingerprint density at radius 3 is 2.53 bits per heavy atom. The molecule has 0 aliphatic rings. The van der Waals surface area contributed by atoms with Crippen LogP contribution in [0.4, 0.5) is 5.69 Å². The molecule has 0 unspecified atom stereocenters. The monoisotopic (exact) mass is 415 g/mol. The predicted molar refractivity (Wildman–Crippen MR) is 120 cm³/mol. The summed E-state index contributed by atoms with van der Waals surface area (Å²) in [5.41, 5.74) is 4.86. The maximum absolute atomic E-state index is 12.5. The summed E-state index contributed by atoms with van der Waals surface area (Å²) in [7, 11) is 0. The molecule has 0 saturated carbocycles. The normalized spacial score (nSPS) is 10.7. The summed E-state index contributed by atoms with van der Waals surface area (Å²) in [5.74, 6) is 0.829. The number of aryl methyl sites for hydroxylation is 2. The Hall–Kier alpha value is -3.45. The van der Waals surface area contributed by atoms with E-state index in [0.29, 0.717) is 11.0 Å². The second-order valence-corrected chi connectivity index (χ2v) is 7.82. The number of aromatic nitrogens is 4. The molecule has 0 spiro atoms. The summed E-state index contributed by atoms with van der Waals surface area (Å²) >= 11 is 1.35. The van der Waals surface area contributed by atoms with Crippen molar-refractivity contribution < 1.29 is 4.79 Å². The molecule has 2 aromatic heterocycles. The summed E-state index contributed by atoms with van der Waals surface area (Å²) < 4.78 is 1.98. The average Bonchev–Trinajstić information content (AvgIpc) is 3.18. The third kappa shape index (κ3) is 4.41. The highest BCUT2D eigenvalue weighted by atomic mass is 32.2. The van der Waals surface area contributed by atoms with E-state index in [2.05, 4.69) is 20.5 Å².